The molecule has 0 spiro atoms. The standard InChI is InChI=1S/C14H21N3O/c1-3-17-14-8-5-4-7-12(14)13(15-17)11-16(2)9-6-10-18/h4-5,7-8,18H,3,6,9-11H2,1-2H3. The molecule has 0 saturated carbocycles. The molecule has 1 heterocycles. The molecule has 98 valence electrons. The first-order chi connectivity index (χ1) is 8.76. The number of hydrogen-bond donors (Lipinski definition) is 1. The molecule has 1 N–H and O–H groups in total. The van der Waals surface area contributed by atoms with Crippen molar-refractivity contribution in [2.24, 2.45) is 0 Å². The van der Waals surface area contributed by atoms with Crippen molar-refractivity contribution in [3.05, 3.63) is 30.0 Å². The van der Waals surface area contributed by atoms with Gasteiger partial charge >= 0.3 is 0 Å². The van der Waals surface area contributed by atoms with Gasteiger partial charge in [-0.2, -0.15) is 5.10 Å². The maximum absolute atomic E-state index is 8.85. The summed E-state index contributed by atoms with van der Waals surface area (Å²) in [6.07, 6.45) is 0.808. The summed E-state index contributed by atoms with van der Waals surface area (Å²) in [5.74, 6) is 0. The van der Waals surface area contributed by atoms with E-state index < -0.39 is 0 Å². The summed E-state index contributed by atoms with van der Waals surface area (Å²) >= 11 is 0. The average Bonchev–Trinajstić information content (AvgIpc) is 2.75. The third-order valence-electron chi connectivity index (χ3n) is 3.15. The summed E-state index contributed by atoms with van der Waals surface area (Å²) in [7, 11) is 2.06. The molecule has 0 aliphatic rings. The first-order valence-electron chi connectivity index (χ1n) is 6.50. The Kier molecular flexibility index (Phi) is 4.33. The molecule has 0 atom stereocenters. The molecule has 0 aliphatic heterocycles. The highest BCUT2D eigenvalue weighted by Gasteiger charge is 2.10. The van der Waals surface area contributed by atoms with Gasteiger partial charge in [0.25, 0.3) is 0 Å². The largest absolute Gasteiger partial charge is 0.396 e. The zero-order valence-electron chi connectivity index (χ0n) is 11.1. The van der Waals surface area contributed by atoms with E-state index in [4.69, 9.17) is 5.11 Å². The van der Waals surface area contributed by atoms with Crippen molar-refractivity contribution < 1.29 is 5.11 Å². The Morgan fingerprint density at radius 2 is 2.11 bits per heavy atom. The van der Waals surface area contributed by atoms with Crippen LogP contribution in [0, 0.1) is 0 Å². The molecule has 4 nitrogen and oxygen atoms in total. The maximum atomic E-state index is 8.85. The summed E-state index contributed by atoms with van der Waals surface area (Å²) in [6.45, 7) is 4.96. The minimum Gasteiger partial charge on any atom is -0.396 e. The molecule has 0 unspecified atom stereocenters. The summed E-state index contributed by atoms with van der Waals surface area (Å²) < 4.78 is 2.05. The van der Waals surface area contributed by atoms with E-state index in [1.165, 1.54) is 10.9 Å². The lowest BCUT2D eigenvalue weighted by Crippen LogP contribution is -2.20. The number of aryl methyl sites for hydroxylation is 1. The van der Waals surface area contributed by atoms with Gasteiger partial charge in [0, 0.05) is 31.6 Å². The zero-order chi connectivity index (χ0) is 13.0. The minimum absolute atomic E-state index is 0.245. The molecule has 0 saturated heterocycles. The molecule has 0 fully saturated rings. The smallest absolute Gasteiger partial charge is 0.0843 e. The molecule has 0 bridgehead atoms. The SMILES string of the molecule is CCn1nc(CN(C)CCCO)c2ccccc21. The van der Waals surface area contributed by atoms with Crippen molar-refractivity contribution in [3.8, 4) is 0 Å². The van der Waals surface area contributed by atoms with Crippen LogP contribution in [0.4, 0.5) is 0 Å². The third-order valence-corrected chi connectivity index (χ3v) is 3.15. The number of nitrogens with zero attached hydrogens (tertiary/aromatic N) is 3. The predicted octanol–water partition coefficient (Wildman–Crippen LogP) is 1.87. The molecule has 18 heavy (non-hydrogen) atoms. The van der Waals surface area contributed by atoms with Crippen molar-refractivity contribution in [1.29, 1.82) is 0 Å². The molecular weight excluding hydrogens is 226 g/mol. The van der Waals surface area contributed by atoms with Gasteiger partial charge in [-0.25, -0.2) is 0 Å². The number of rotatable bonds is 6. The van der Waals surface area contributed by atoms with Crippen molar-refractivity contribution in [3.63, 3.8) is 0 Å². The van der Waals surface area contributed by atoms with Gasteiger partial charge in [0.2, 0.25) is 0 Å². The number of para-hydroxylation sites is 1. The van der Waals surface area contributed by atoms with Crippen LogP contribution in [-0.2, 0) is 13.1 Å². The number of aromatic nitrogens is 2. The molecular formula is C14H21N3O. The van der Waals surface area contributed by atoms with E-state index in [0.29, 0.717) is 0 Å². The fourth-order valence-electron chi connectivity index (χ4n) is 2.23. The number of hydrogen-bond acceptors (Lipinski definition) is 3. The fraction of sp³-hybridized carbons (Fsp3) is 0.500. The van der Waals surface area contributed by atoms with Crippen LogP contribution in [0.5, 0.6) is 0 Å². The van der Waals surface area contributed by atoms with E-state index >= 15 is 0 Å². The first-order valence-corrected chi connectivity index (χ1v) is 6.50. The molecule has 2 aromatic rings. The molecule has 4 heteroatoms. The number of fused-ring (bicyclic) bond motifs is 1. The van der Waals surface area contributed by atoms with E-state index in [0.717, 1.165) is 31.7 Å². The van der Waals surface area contributed by atoms with Gasteiger partial charge in [0.15, 0.2) is 0 Å². The summed E-state index contributed by atoms with van der Waals surface area (Å²) in [6, 6.07) is 8.35. The van der Waals surface area contributed by atoms with Gasteiger partial charge in [0.1, 0.15) is 0 Å². The second-order valence-electron chi connectivity index (χ2n) is 4.59. The minimum atomic E-state index is 0.245. The summed E-state index contributed by atoms with van der Waals surface area (Å²) in [5.41, 5.74) is 2.32. The van der Waals surface area contributed by atoms with E-state index in [9.17, 15) is 0 Å². The Labute approximate surface area is 108 Å². The third kappa shape index (κ3) is 2.71. The van der Waals surface area contributed by atoms with E-state index in [2.05, 4.69) is 48.2 Å². The van der Waals surface area contributed by atoms with Gasteiger partial charge in [-0.05, 0) is 26.5 Å². The molecule has 2 rings (SSSR count). The monoisotopic (exact) mass is 247 g/mol. The number of aliphatic hydroxyl groups is 1. The highest BCUT2D eigenvalue weighted by atomic mass is 16.3. The van der Waals surface area contributed by atoms with Crippen molar-refractivity contribution in [1.82, 2.24) is 14.7 Å². The molecule has 0 aliphatic carbocycles. The Balaban J connectivity index is 2.22. The van der Waals surface area contributed by atoms with Crippen molar-refractivity contribution in [2.45, 2.75) is 26.4 Å². The van der Waals surface area contributed by atoms with Crippen molar-refractivity contribution in [2.75, 3.05) is 20.2 Å². The predicted molar refractivity (Wildman–Crippen MR) is 73.4 cm³/mol. The number of benzene rings is 1. The van der Waals surface area contributed by atoms with Crippen LogP contribution < -0.4 is 0 Å². The van der Waals surface area contributed by atoms with Gasteiger partial charge in [-0.15, -0.1) is 0 Å². The Bertz CT molecular complexity index is 507. The first kappa shape index (κ1) is 13.1. The van der Waals surface area contributed by atoms with Gasteiger partial charge in [0.05, 0.1) is 11.2 Å². The molecule has 1 aromatic carbocycles. The second kappa shape index (κ2) is 5.98. The van der Waals surface area contributed by atoms with Crippen LogP contribution in [0.3, 0.4) is 0 Å². The van der Waals surface area contributed by atoms with Gasteiger partial charge in [-0.1, -0.05) is 18.2 Å². The lowest BCUT2D eigenvalue weighted by Gasteiger charge is -2.14. The highest BCUT2D eigenvalue weighted by Crippen LogP contribution is 2.19. The highest BCUT2D eigenvalue weighted by molar-refractivity contribution is 5.81. The number of aliphatic hydroxyl groups excluding tert-OH is 1. The van der Waals surface area contributed by atoms with Crippen LogP contribution in [0.1, 0.15) is 19.0 Å². The van der Waals surface area contributed by atoms with Crippen LogP contribution in [0.15, 0.2) is 24.3 Å². The van der Waals surface area contributed by atoms with E-state index in [1.807, 2.05) is 4.68 Å². The van der Waals surface area contributed by atoms with Gasteiger partial charge < -0.3 is 10.0 Å². The Morgan fingerprint density at radius 3 is 2.83 bits per heavy atom. The van der Waals surface area contributed by atoms with Crippen LogP contribution in [0.25, 0.3) is 10.9 Å². The summed E-state index contributed by atoms with van der Waals surface area (Å²) in [4.78, 5) is 2.20. The lowest BCUT2D eigenvalue weighted by molar-refractivity contribution is 0.243. The normalized spacial score (nSPS) is 11.6. The van der Waals surface area contributed by atoms with Crippen LogP contribution in [-0.4, -0.2) is 40.0 Å². The fourth-order valence-corrected chi connectivity index (χ4v) is 2.23. The lowest BCUT2D eigenvalue weighted by atomic mass is 10.2. The molecule has 1 aromatic heterocycles. The average molecular weight is 247 g/mol. The van der Waals surface area contributed by atoms with E-state index in [-0.39, 0.29) is 6.61 Å². The van der Waals surface area contributed by atoms with Crippen molar-refractivity contribution >= 4 is 10.9 Å². The Hall–Kier alpha value is -1.39. The quantitative estimate of drug-likeness (QED) is 0.847. The molecule has 0 amide bonds. The maximum Gasteiger partial charge on any atom is 0.0843 e. The molecule has 0 radical (unpaired) electrons. The topological polar surface area (TPSA) is 41.3 Å². The zero-order valence-corrected chi connectivity index (χ0v) is 11.1. The van der Waals surface area contributed by atoms with Gasteiger partial charge in [-0.3, -0.25) is 4.68 Å². The summed E-state index contributed by atoms with van der Waals surface area (Å²) in [5, 5.41) is 14.7. The van der Waals surface area contributed by atoms with Crippen LogP contribution in [0.2, 0.25) is 0 Å². The second-order valence-corrected chi connectivity index (χ2v) is 4.59. The Morgan fingerprint density at radius 1 is 1.33 bits per heavy atom. The van der Waals surface area contributed by atoms with Crippen LogP contribution >= 0.6 is 0 Å². The van der Waals surface area contributed by atoms with E-state index in [1.54, 1.807) is 0 Å².